The van der Waals surface area contributed by atoms with Crippen molar-refractivity contribution in [2.75, 3.05) is 6.61 Å². The molecular formula is C43H76N2O2. The fourth-order valence-corrected chi connectivity index (χ4v) is 9.57. The maximum Gasteiger partial charge on any atom is 0.166 e. The predicted molar refractivity (Wildman–Crippen MR) is 202 cm³/mol. The fourth-order valence-electron chi connectivity index (χ4n) is 9.57. The van der Waals surface area contributed by atoms with Gasteiger partial charge >= 0.3 is 0 Å². The minimum absolute atomic E-state index is 0.0328. The zero-order chi connectivity index (χ0) is 34.6. The Balaban J connectivity index is 1.38. The highest BCUT2D eigenvalue weighted by atomic mass is 16.5. The quantitative estimate of drug-likeness (QED) is 0.0977. The van der Waals surface area contributed by atoms with Gasteiger partial charge in [-0.05, 0) is 87.5 Å². The largest absolute Gasteiger partial charge is 0.378 e. The van der Waals surface area contributed by atoms with Crippen molar-refractivity contribution >= 4 is 5.78 Å². The maximum absolute atomic E-state index is 13.6. The summed E-state index contributed by atoms with van der Waals surface area (Å²) in [5.41, 5.74) is 0.456. The van der Waals surface area contributed by atoms with E-state index in [1.54, 1.807) is 0 Å². The Morgan fingerprint density at radius 1 is 0.574 bits per heavy atom. The summed E-state index contributed by atoms with van der Waals surface area (Å²) >= 11 is 0. The molecular weight excluding hydrogens is 576 g/mol. The third-order valence-electron chi connectivity index (χ3n) is 11.2. The lowest BCUT2D eigenvalue weighted by atomic mass is 9.70. The number of hydrazine groups is 1. The van der Waals surface area contributed by atoms with Gasteiger partial charge in [0.1, 0.15) is 0 Å². The molecule has 0 atom stereocenters. The van der Waals surface area contributed by atoms with Crippen molar-refractivity contribution in [2.45, 2.75) is 219 Å². The molecule has 1 aromatic carbocycles. The number of ketones is 1. The van der Waals surface area contributed by atoms with E-state index in [4.69, 9.17) is 4.74 Å². The lowest BCUT2D eigenvalue weighted by Gasteiger charge is -2.68. The summed E-state index contributed by atoms with van der Waals surface area (Å²) in [6.07, 6.45) is 26.5. The SMILES string of the molecule is CCCCCCCCCCCCCCCCCCOC1CC(C)(C)N(N2C(C)(C)CC(C(=O)c3ccccc3)CC2(C)C)C(C)(C)C1. The number of unbranched alkanes of at least 4 members (excludes halogenated alkanes) is 15. The summed E-state index contributed by atoms with van der Waals surface area (Å²) in [6.45, 7) is 22.2. The van der Waals surface area contributed by atoms with Crippen LogP contribution in [-0.2, 0) is 4.74 Å². The van der Waals surface area contributed by atoms with Gasteiger partial charge in [0, 0.05) is 40.2 Å². The summed E-state index contributed by atoms with van der Waals surface area (Å²) in [5.74, 6) is 0.330. The molecule has 270 valence electrons. The first kappa shape index (κ1) is 40.2. The van der Waals surface area contributed by atoms with E-state index in [-0.39, 0.29) is 34.2 Å². The molecule has 47 heavy (non-hydrogen) atoms. The number of Topliss-reactive ketones (excluding diaryl/α,β-unsaturated/α-hetero) is 1. The van der Waals surface area contributed by atoms with Crippen LogP contribution in [0, 0.1) is 5.92 Å². The third kappa shape index (κ3) is 12.2. The molecule has 0 aliphatic carbocycles. The number of benzene rings is 1. The number of hydrogen-bond donors (Lipinski definition) is 0. The molecule has 0 saturated carbocycles. The Kier molecular flexibility index (Phi) is 16.0. The third-order valence-corrected chi connectivity index (χ3v) is 11.2. The van der Waals surface area contributed by atoms with Crippen LogP contribution in [0.1, 0.15) is 201 Å². The van der Waals surface area contributed by atoms with E-state index in [9.17, 15) is 4.79 Å². The highest BCUT2D eigenvalue weighted by Gasteiger charge is 2.57. The number of rotatable bonds is 21. The Morgan fingerprint density at radius 2 is 0.936 bits per heavy atom. The van der Waals surface area contributed by atoms with Gasteiger partial charge in [0.15, 0.2) is 5.78 Å². The molecule has 2 saturated heterocycles. The van der Waals surface area contributed by atoms with Gasteiger partial charge in [-0.15, -0.1) is 0 Å². The lowest BCUT2D eigenvalue weighted by Crippen LogP contribution is -2.77. The molecule has 0 bridgehead atoms. The smallest absolute Gasteiger partial charge is 0.166 e. The minimum Gasteiger partial charge on any atom is -0.378 e. The normalized spacial score (nSPS) is 21.6. The molecule has 2 aliphatic rings. The molecule has 4 heteroatoms. The molecule has 3 rings (SSSR count). The van der Waals surface area contributed by atoms with Crippen molar-refractivity contribution in [2.24, 2.45) is 5.92 Å². The maximum atomic E-state index is 13.6. The minimum atomic E-state index is -0.146. The number of nitrogens with zero attached hydrogens (tertiary/aromatic N) is 2. The Hall–Kier alpha value is -1.23. The molecule has 0 aromatic heterocycles. The second kappa shape index (κ2) is 18.7. The number of ether oxygens (including phenoxy) is 1. The van der Waals surface area contributed by atoms with Crippen molar-refractivity contribution < 1.29 is 9.53 Å². The first-order valence-electron chi connectivity index (χ1n) is 20.0. The fraction of sp³-hybridized carbons (Fsp3) is 0.837. The van der Waals surface area contributed by atoms with E-state index < -0.39 is 0 Å². The molecule has 0 amide bonds. The first-order valence-corrected chi connectivity index (χ1v) is 20.0. The number of carbonyl (C=O) groups excluding carboxylic acids is 1. The van der Waals surface area contributed by atoms with E-state index in [0.29, 0.717) is 5.78 Å². The highest BCUT2D eigenvalue weighted by molar-refractivity contribution is 5.98. The predicted octanol–water partition coefficient (Wildman–Crippen LogP) is 12.4. The van der Waals surface area contributed by atoms with Gasteiger partial charge in [-0.25, -0.2) is 10.0 Å². The molecule has 0 spiro atoms. The van der Waals surface area contributed by atoms with Gasteiger partial charge in [-0.1, -0.05) is 134 Å². The molecule has 0 unspecified atom stereocenters. The number of hydrogen-bond acceptors (Lipinski definition) is 4. The Labute approximate surface area is 292 Å². The Bertz CT molecular complexity index is 993. The standard InChI is InChI=1S/C43H76N2O2/c1-10-11-12-13-14-15-16-17-18-19-20-21-22-23-24-28-31-47-38-34-42(6,7)45(43(8,9)35-38)44-40(2,3)32-37(33-41(44,4)5)39(46)36-29-26-25-27-30-36/h25-27,29-30,37-38H,10-24,28,31-35H2,1-9H3. The van der Waals surface area contributed by atoms with Crippen LogP contribution < -0.4 is 0 Å². The van der Waals surface area contributed by atoms with E-state index >= 15 is 0 Å². The van der Waals surface area contributed by atoms with Crippen LogP contribution in [0.4, 0.5) is 0 Å². The van der Waals surface area contributed by atoms with Gasteiger partial charge in [-0.3, -0.25) is 4.79 Å². The zero-order valence-corrected chi connectivity index (χ0v) is 32.6. The average Bonchev–Trinajstić information content (AvgIpc) is 2.99. The van der Waals surface area contributed by atoms with Crippen molar-refractivity contribution in [1.29, 1.82) is 0 Å². The lowest BCUT2D eigenvalue weighted by molar-refractivity contribution is -0.288. The Morgan fingerprint density at radius 3 is 1.34 bits per heavy atom. The van der Waals surface area contributed by atoms with Crippen LogP contribution in [0.3, 0.4) is 0 Å². The molecule has 2 heterocycles. The second-order valence-electron chi connectivity index (χ2n) is 17.9. The molecule has 2 aliphatic heterocycles. The van der Waals surface area contributed by atoms with Crippen LogP contribution in [-0.4, -0.2) is 50.7 Å². The molecule has 0 radical (unpaired) electrons. The summed E-state index contributed by atoms with van der Waals surface area (Å²) in [4.78, 5) is 13.6. The van der Waals surface area contributed by atoms with Crippen molar-refractivity contribution in [1.82, 2.24) is 10.0 Å². The summed E-state index contributed by atoms with van der Waals surface area (Å²) in [6, 6.07) is 9.91. The summed E-state index contributed by atoms with van der Waals surface area (Å²) in [5, 5.41) is 5.39. The van der Waals surface area contributed by atoms with Gasteiger partial charge in [0.2, 0.25) is 0 Å². The van der Waals surface area contributed by atoms with E-state index in [1.807, 2.05) is 30.3 Å². The zero-order valence-electron chi connectivity index (χ0n) is 32.6. The van der Waals surface area contributed by atoms with Gasteiger partial charge in [0.05, 0.1) is 6.10 Å². The number of piperidine rings is 2. The monoisotopic (exact) mass is 653 g/mol. The molecule has 1 aromatic rings. The van der Waals surface area contributed by atoms with Gasteiger partial charge in [0.25, 0.3) is 0 Å². The van der Waals surface area contributed by atoms with Gasteiger partial charge < -0.3 is 4.74 Å². The van der Waals surface area contributed by atoms with Crippen molar-refractivity contribution in [3.8, 4) is 0 Å². The summed E-state index contributed by atoms with van der Waals surface area (Å²) in [7, 11) is 0. The van der Waals surface area contributed by atoms with Crippen LogP contribution in [0.15, 0.2) is 30.3 Å². The van der Waals surface area contributed by atoms with Crippen LogP contribution in [0.25, 0.3) is 0 Å². The van der Waals surface area contributed by atoms with E-state index in [0.717, 1.165) is 37.9 Å². The molecule has 2 fully saturated rings. The van der Waals surface area contributed by atoms with Gasteiger partial charge in [-0.2, -0.15) is 0 Å². The van der Waals surface area contributed by atoms with Crippen molar-refractivity contribution in [3.05, 3.63) is 35.9 Å². The van der Waals surface area contributed by atoms with Crippen LogP contribution >= 0.6 is 0 Å². The van der Waals surface area contributed by atoms with Crippen molar-refractivity contribution in [3.63, 3.8) is 0 Å². The summed E-state index contributed by atoms with van der Waals surface area (Å²) < 4.78 is 6.62. The first-order chi connectivity index (χ1) is 22.2. The molecule has 4 nitrogen and oxygen atoms in total. The number of carbonyl (C=O) groups is 1. The van der Waals surface area contributed by atoms with Crippen LogP contribution in [0.2, 0.25) is 0 Å². The van der Waals surface area contributed by atoms with E-state index in [1.165, 1.54) is 103 Å². The van der Waals surface area contributed by atoms with E-state index in [2.05, 4.69) is 72.3 Å². The topological polar surface area (TPSA) is 32.8 Å². The molecule has 0 N–H and O–H groups in total. The average molecular weight is 653 g/mol. The second-order valence-corrected chi connectivity index (χ2v) is 17.9. The van der Waals surface area contributed by atoms with Crippen LogP contribution in [0.5, 0.6) is 0 Å². The highest BCUT2D eigenvalue weighted by Crippen LogP contribution is 2.50.